The van der Waals surface area contributed by atoms with E-state index in [0.29, 0.717) is 13.2 Å². The van der Waals surface area contributed by atoms with Crippen molar-refractivity contribution in [2.24, 2.45) is 0 Å². The SMILES string of the molecule is Cc1ccccc1CNC(=O)c1cc(S(=O)(=O)N2CCOCC2)ccc1F. The van der Waals surface area contributed by atoms with Crippen molar-refractivity contribution in [1.29, 1.82) is 0 Å². The molecule has 1 N–H and O–H groups in total. The van der Waals surface area contributed by atoms with Gasteiger partial charge in [0.1, 0.15) is 5.82 Å². The summed E-state index contributed by atoms with van der Waals surface area (Å²) >= 11 is 0. The van der Waals surface area contributed by atoms with E-state index in [0.717, 1.165) is 23.3 Å². The van der Waals surface area contributed by atoms with Gasteiger partial charge in [0.2, 0.25) is 10.0 Å². The van der Waals surface area contributed by atoms with Crippen LogP contribution in [0.25, 0.3) is 0 Å². The summed E-state index contributed by atoms with van der Waals surface area (Å²) in [5, 5.41) is 2.65. The molecule has 27 heavy (non-hydrogen) atoms. The Balaban J connectivity index is 1.80. The molecule has 1 saturated heterocycles. The number of ether oxygens (including phenoxy) is 1. The van der Waals surface area contributed by atoms with Crippen LogP contribution in [-0.2, 0) is 21.3 Å². The van der Waals surface area contributed by atoms with Crippen molar-refractivity contribution >= 4 is 15.9 Å². The van der Waals surface area contributed by atoms with Crippen molar-refractivity contribution in [2.45, 2.75) is 18.4 Å². The molecule has 6 nitrogen and oxygen atoms in total. The van der Waals surface area contributed by atoms with Crippen molar-refractivity contribution < 1.29 is 22.3 Å². The number of carbonyl (C=O) groups excluding carboxylic acids is 1. The van der Waals surface area contributed by atoms with Crippen LogP contribution in [0.5, 0.6) is 0 Å². The summed E-state index contributed by atoms with van der Waals surface area (Å²) < 4.78 is 46.0. The van der Waals surface area contributed by atoms with Gasteiger partial charge in [0.15, 0.2) is 0 Å². The minimum Gasteiger partial charge on any atom is -0.379 e. The Morgan fingerprint density at radius 2 is 1.89 bits per heavy atom. The first kappa shape index (κ1) is 19.5. The number of benzene rings is 2. The summed E-state index contributed by atoms with van der Waals surface area (Å²) in [6.07, 6.45) is 0. The third-order valence-corrected chi connectivity index (χ3v) is 6.39. The summed E-state index contributed by atoms with van der Waals surface area (Å²) in [6.45, 7) is 3.22. The Morgan fingerprint density at radius 1 is 1.19 bits per heavy atom. The molecular weight excluding hydrogens is 371 g/mol. The van der Waals surface area contributed by atoms with E-state index in [9.17, 15) is 17.6 Å². The van der Waals surface area contributed by atoms with Gasteiger partial charge in [-0.25, -0.2) is 12.8 Å². The van der Waals surface area contributed by atoms with E-state index in [4.69, 9.17) is 4.74 Å². The molecule has 1 amide bonds. The smallest absolute Gasteiger partial charge is 0.254 e. The summed E-state index contributed by atoms with van der Waals surface area (Å²) in [6, 6.07) is 10.8. The Kier molecular flexibility index (Phi) is 5.88. The number of rotatable bonds is 5. The van der Waals surface area contributed by atoms with Crippen LogP contribution in [0.3, 0.4) is 0 Å². The zero-order valence-electron chi connectivity index (χ0n) is 14.9. The van der Waals surface area contributed by atoms with Crippen LogP contribution in [-0.4, -0.2) is 44.9 Å². The highest BCUT2D eigenvalue weighted by Gasteiger charge is 2.27. The summed E-state index contributed by atoms with van der Waals surface area (Å²) in [5.74, 6) is -1.42. The molecule has 144 valence electrons. The number of sulfonamides is 1. The van der Waals surface area contributed by atoms with E-state index >= 15 is 0 Å². The molecule has 0 aromatic heterocycles. The van der Waals surface area contributed by atoms with Crippen LogP contribution >= 0.6 is 0 Å². The van der Waals surface area contributed by atoms with Gasteiger partial charge in [0.25, 0.3) is 5.91 Å². The zero-order valence-corrected chi connectivity index (χ0v) is 15.8. The van der Waals surface area contributed by atoms with Gasteiger partial charge in [0.05, 0.1) is 23.7 Å². The topological polar surface area (TPSA) is 75.7 Å². The number of amides is 1. The van der Waals surface area contributed by atoms with Crippen molar-refractivity contribution in [3.63, 3.8) is 0 Å². The molecule has 8 heteroatoms. The predicted molar refractivity (Wildman–Crippen MR) is 98.3 cm³/mol. The third-order valence-electron chi connectivity index (χ3n) is 4.49. The maximum Gasteiger partial charge on any atom is 0.254 e. The first-order chi connectivity index (χ1) is 12.9. The third kappa shape index (κ3) is 4.35. The monoisotopic (exact) mass is 392 g/mol. The van der Waals surface area contributed by atoms with Gasteiger partial charge in [-0.15, -0.1) is 0 Å². The van der Waals surface area contributed by atoms with Crippen molar-refractivity contribution in [3.8, 4) is 0 Å². The quantitative estimate of drug-likeness (QED) is 0.845. The van der Waals surface area contributed by atoms with Crippen LogP contribution < -0.4 is 5.32 Å². The Morgan fingerprint density at radius 3 is 2.59 bits per heavy atom. The number of halogens is 1. The minimum absolute atomic E-state index is 0.105. The molecule has 1 aliphatic rings. The molecule has 1 fully saturated rings. The van der Waals surface area contributed by atoms with Crippen LogP contribution in [0.15, 0.2) is 47.4 Å². The van der Waals surface area contributed by atoms with E-state index in [1.165, 1.54) is 10.4 Å². The summed E-state index contributed by atoms with van der Waals surface area (Å²) in [5.41, 5.74) is 1.61. The van der Waals surface area contributed by atoms with Crippen molar-refractivity contribution in [1.82, 2.24) is 9.62 Å². The van der Waals surface area contributed by atoms with E-state index in [1.54, 1.807) is 0 Å². The van der Waals surface area contributed by atoms with Gasteiger partial charge in [-0.05, 0) is 36.2 Å². The molecule has 0 unspecified atom stereocenters. The van der Waals surface area contributed by atoms with Gasteiger partial charge in [-0.3, -0.25) is 4.79 Å². The van der Waals surface area contributed by atoms with Crippen molar-refractivity contribution in [2.75, 3.05) is 26.3 Å². The van der Waals surface area contributed by atoms with Gasteiger partial charge < -0.3 is 10.1 Å². The van der Waals surface area contributed by atoms with E-state index in [-0.39, 0.29) is 30.1 Å². The molecule has 0 spiro atoms. The average molecular weight is 392 g/mol. The lowest BCUT2D eigenvalue weighted by atomic mass is 10.1. The lowest BCUT2D eigenvalue weighted by molar-refractivity contribution is 0.0730. The fourth-order valence-corrected chi connectivity index (χ4v) is 4.29. The molecule has 0 bridgehead atoms. The molecule has 0 aliphatic carbocycles. The van der Waals surface area contributed by atoms with E-state index in [2.05, 4.69) is 5.32 Å². The highest BCUT2D eigenvalue weighted by molar-refractivity contribution is 7.89. The second kappa shape index (κ2) is 8.16. The fourth-order valence-electron chi connectivity index (χ4n) is 2.85. The zero-order chi connectivity index (χ0) is 19.4. The van der Waals surface area contributed by atoms with Crippen LogP contribution in [0, 0.1) is 12.7 Å². The van der Waals surface area contributed by atoms with Gasteiger partial charge in [0, 0.05) is 19.6 Å². The predicted octanol–water partition coefficient (Wildman–Crippen LogP) is 2.09. The summed E-state index contributed by atoms with van der Waals surface area (Å²) in [7, 11) is -3.80. The van der Waals surface area contributed by atoms with Crippen molar-refractivity contribution in [3.05, 3.63) is 65.0 Å². The van der Waals surface area contributed by atoms with Crippen LogP contribution in [0.1, 0.15) is 21.5 Å². The maximum atomic E-state index is 14.2. The number of nitrogens with zero attached hydrogens (tertiary/aromatic N) is 1. The molecule has 2 aromatic rings. The standard InChI is InChI=1S/C19H21FN2O4S/c1-14-4-2-3-5-15(14)13-21-19(23)17-12-16(6-7-18(17)20)27(24,25)22-8-10-26-11-9-22/h2-7,12H,8-11,13H2,1H3,(H,21,23). The molecule has 1 aliphatic heterocycles. The molecule has 1 heterocycles. The van der Waals surface area contributed by atoms with Crippen LogP contribution in [0.2, 0.25) is 0 Å². The van der Waals surface area contributed by atoms with Crippen LogP contribution in [0.4, 0.5) is 4.39 Å². The number of nitrogens with one attached hydrogen (secondary N) is 1. The van der Waals surface area contributed by atoms with Gasteiger partial charge in [-0.1, -0.05) is 24.3 Å². The number of hydrogen-bond acceptors (Lipinski definition) is 4. The van der Waals surface area contributed by atoms with Gasteiger partial charge in [-0.2, -0.15) is 4.31 Å². The molecule has 0 saturated carbocycles. The Bertz CT molecular complexity index is 940. The second-order valence-electron chi connectivity index (χ2n) is 6.27. The molecule has 0 radical (unpaired) electrons. The molecular formula is C19H21FN2O4S. The first-order valence-electron chi connectivity index (χ1n) is 8.60. The van der Waals surface area contributed by atoms with E-state index < -0.39 is 21.7 Å². The number of carbonyl (C=O) groups is 1. The minimum atomic E-state index is -3.80. The largest absolute Gasteiger partial charge is 0.379 e. The highest BCUT2D eigenvalue weighted by Crippen LogP contribution is 2.20. The maximum absolute atomic E-state index is 14.2. The van der Waals surface area contributed by atoms with E-state index in [1.807, 2.05) is 31.2 Å². The Labute approximate surface area is 158 Å². The lowest BCUT2D eigenvalue weighted by Gasteiger charge is -2.26. The number of aryl methyl sites for hydroxylation is 1. The fraction of sp³-hybridized carbons (Fsp3) is 0.316. The lowest BCUT2D eigenvalue weighted by Crippen LogP contribution is -2.40. The van der Waals surface area contributed by atoms with Gasteiger partial charge >= 0.3 is 0 Å². The molecule has 3 rings (SSSR count). The number of morpholine rings is 1. The average Bonchev–Trinajstić information content (AvgIpc) is 2.68. The first-order valence-corrected chi connectivity index (χ1v) is 10.0. The second-order valence-corrected chi connectivity index (χ2v) is 8.21. The highest BCUT2D eigenvalue weighted by atomic mass is 32.2. The molecule has 2 aromatic carbocycles. The number of hydrogen-bond donors (Lipinski definition) is 1. The Hall–Kier alpha value is -2.29. The summed E-state index contributed by atoms with van der Waals surface area (Å²) in [4.78, 5) is 12.3. The molecule has 0 atom stereocenters. The normalized spacial score (nSPS) is 15.5.